The predicted molar refractivity (Wildman–Crippen MR) is 81.5 cm³/mol. The summed E-state index contributed by atoms with van der Waals surface area (Å²) in [5.74, 6) is 0.879. The molecule has 2 rings (SSSR count). The highest BCUT2D eigenvalue weighted by molar-refractivity contribution is 7.09. The van der Waals surface area contributed by atoms with Gasteiger partial charge < -0.3 is 11.1 Å². The third-order valence-corrected chi connectivity index (χ3v) is 3.52. The molecule has 19 heavy (non-hydrogen) atoms. The molecule has 0 fully saturated rings. The second kappa shape index (κ2) is 5.17. The largest absolute Gasteiger partial charge is 0.399 e. The van der Waals surface area contributed by atoms with Crippen LogP contribution in [0.1, 0.15) is 45.1 Å². The molecule has 1 atom stereocenters. The number of hydrogen-bond donors (Lipinski definition) is 2. The van der Waals surface area contributed by atoms with Gasteiger partial charge in [0.1, 0.15) is 5.82 Å². The van der Waals surface area contributed by atoms with Crippen LogP contribution in [0.5, 0.6) is 0 Å². The number of nitrogen functional groups attached to an aromatic ring is 1. The Bertz CT molecular complexity index is 539. The van der Waals surface area contributed by atoms with Crippen LogP contribution in [0.4, 0.5) is 10.8 Å². The Morgan fingerprint density at radius 1 is 1.21 bits per heavy atom. The Labute approximate surface area is 118 Å². The van der Waals surface area contributed by atoms with Crippen molar-refractivity contribution in [2.24, 2.45) is 0 Å². The Balaban J connectivity index is 2.08. The summed E-state index contributed by atoms with van der Waals surface area (Å²) in [4.78, 5) is 4.54. The van der Waals surface area contributed by atoms with Crippen molar-refractivity contribution in [3.05, 3.63) is 35.7 Å². The average Bonchev–Trinajstić information content (AvgIpc) is 2.78. The maximum atomic E-state index is 5.69. The van der Waals surface area contributed by atoms with Gasteiger partial charge in [0, 0.05) is 22.6 Å². The summed E-state index contributed by atoms with van der Waals surface area (Å²) in [5.41, 5.74) is 7.64. The van der Waals surface area contributed by atoms with Crippen LogP contribution >= 0.6 is 11.5 Å². The second-order valence-corrected chi connectivity index (χ2v) is 6.46. The van der Waals surface area contributed by atoms with Crippen molar-refractivity contribution in [3.63, 3.8) is 0 Å². The lowest BCUT2D eigenvalue weighted by atomic mass is 9.96. The molecule has 1 aromatic carbocycles. The van der Waals surface area contributed by atoms with E-state index in [-0.39, 0.29) is 11.5 Å². The highest BCUT2D eigenvalue weighted by atomic mass is 32.1. The van der Waals surface area contributed by atoms with E-state index in [0.29, 0.717) is 0 Å². The Morgan fingerprint density at radius 3 is 2.37 bits per heavy atom. The summed E-state index contributed by atoms with van der Waals surface area (Å²) in [6, 6.07) is 8.06. The van der Waals surface area contributed by atoms with Crippen LogP contribution in [0.15, 0.2) is 24.3 Å². The van der Waals surface area contributed by atoms with Crippen LogP contribution in [0.25, 0.3) is 0 Å². The minimum absolute atomic E-state index is 0.0130. The van der Waals surface area contributed by atoms with E-state index >= 15 is 0 Å². The number of aromatic nitrogens is 2. The van der Waals surface area contributed by atoms with Crippen molar-refractivity contribution in [3.8, 4) is 0 Å². The van der Waals surface area contributed by atoms with Crippen LogP contribution in [0, 0.1) is 0 Å². The zero-order valence-electron chi connectivity index (χ0n) is 11.8. The van der Waals surface area contributed by atoms with Gasteiger partial charge in [-0.1, -0.05) is 32.9 Å². The highest BCUT2D eigenvalue weighted by Crippen LogP contribution is 2.26. The van der Waals surface area contributed by atoms with Crippen molar-refractivity contribution in [1.29, 1.82) is 0 Å². The van der Waals surface area contributed by atoms with Gasteiger partial charge in [0.25, 0.3) is 0 Å². The molecule has 0 saturated heterocycles. The van der Waals surface area contributed by atoms with E-state index in [0.717, 1.165) is 16.6 Å². The SMILES string of the molecule is CC(Nc1nc(C(C)(C)C)ns1)c1ccc(N)cc1. The summed E-state index contributed by atoms with van der Waals surface area (Å²) in [6.07, 6.45) is 0. The van der Waals surface area contributed by atoms with Gasteiger partial charge in [-0.2, -0.15) is 4.37 Å². The lowest BCUT2D eigenvalue weighted by molar-refractivity contribution is 0.555. The summed E-state index contributed by atoms with van der Waals surface area (Å²) >= 11 is 1.41. The van der Waals surface area contributed by atoms with Crippen molar-refractivity contribution < 1.29 is 0 Å². The van der Waals surface area contributed by atoms with Crippen LogP contribution in [0.2, 0.25) is 0 Å². The lowest BCUT2D eigenvalue weighted by Crippen LogP contribution is -2.13. The fourth-order valence-corrected chi connectivity index (χ4v) is 2.48. The number of hydrogen-bond acceptors (Lipinski definition) is 5. The first-order chi connectivity index (χ1) is 8.86. The Hall–Kier alpha value is -1.62. The fourth-order valence-electron chi connectivity index (χ4n) is 1.64. The van der Waals surface area contributed by atoms with E-state index in [1.165, 1.54) is 17.1 Å². The van der Waals surface area contributed by atoms with E-state index in [4.69, 9.17) is 5.73 Å². The number of nitrogens with one attached hydrogen (secondary N) is 1. The Kier molecular flexibility index (Phi) is 3.75. The maximum absolute atomic E-state index is 5.69. The highest BCUT2D eigenvalue weighted by Gasteiger charge is 2.20. The molecule has 3 N–H and O–H groups in total. The molecule has 0 aliphatic carbocycles. The summed E-state index contributed by atoms with van der Waals surface area (Å²) in [6.45, 7) is 8.44. The topological polar surface area (TPSA) is 63.8 Å². The van der Waals surface area contributed by atoms with Crippen LogP contribution < -0.4 is 11.1 Å². The standard InChI is InChI=1S/C14H20N4S/c1-9(10-5-7-11(15)8-6-10)16-13-17-12(18-19-13)14(2,3)4/h5-9H,15H2,1-4H3,(H,16,17,18). The molecule has 0 bridgehead atoms. The van der Waals surface area contributed by atoms with Gasteiger partial charge in [-0.25, -0.2) is 4.98 Å². The first kappa shape index (κ1) is 13.8. The number of nitrogens with two attached hydrogens (primary N) is 1. The molecule has 0 aliphatic rings. The number of rotatable bonds is 3. The van der Waals surface area contributed by atoms with E-state index < -0.39 is 0 Å². The van der Waals surface area contributed by atoms with Crippen LogP contribution in [-0.4, -0.2) is 9.36 Å². The Morgan fingerprint density at radius 2 is 1.84 bits per heavy atom. The zero-order valence-corrected chi connectivity index (χ0v) is 12.6. The molecule has 1 heterocycles. The number of nitrogens with zero attached hydrogens (tertiary/aromatic N) is 2. The summed E-state index contributed by atoms with van der Waals surface area (Å²) in [5, 5.41) is 4.23. The van der Waals surface area contributed by atoms with Crippen molar-refractivity contribution in [2.75, 3.05) is 11.1 Å². The number of benzene rings is 1. The molecule has 0 saturated carbocycles. The van der Waals surface area contributed by atoms with Gasteiger partial charge in [-0.05, 0) is 24.6 Å². The van der Waals surface area contributed by atoms with Crippen molar-refractivity contribution in [2.45, 2.75) is 39.2 Å². The minimum Gasteiger partial charge on any atom is -0.399 e. The molecule has 1 unspecified atom stereocenters. The number of anilines is 2. The molecular formula is C14H20N4S. The quantitative estimate of drug-likeness (QED) is 0.841. The predicted octanol–water partition coefficient (Wildman–Crippen LogP) is 3.59. The summed E-state index contributed by atoms with van der Waals surface area (Å²) < 4.78 is 4.40. The summed E-state index contributed by atoms with van der Waals surface area (Å²) in [7, 11) is 0. The molecule has 4 nitrogen and oxygen atoms in total. The first-order valence-electron chi connectivity index (χ1n) is 6.32. The lowest BCUT2D eigenvalue weighted by Gasteiger charge is -2.14. The monoisotopic (exact) mass is 276 g/mol. The van der Waals surface area contributed by atoms with Crippen molar-refractivity contribution in [1.82, 2.24) is 9.36 Å². The molecule has 0 amide bonds. The van der Waals surface area contributed by atoms with Gasteiger partial charge >= 0.3 is 0 Å². The molecule has 0 spiro atoms. The first-order valence-corrected chi connectivity index (χ1v) is 7.10. The molecule has 0 aliphatic heterocycles. The maximum Gasteiger partial charge on any atom is 0.203 e. The van der Waals surface area contributed by atoms with Crippen molar-refractivity contribution >= 4 is 22.4 Å². The second-order valence-electron chi connectivity index (χ2n) is 5.71. The van der Waals surface area contributed by atoms with E-state index in [1.807, 2.05) is 24.3 Å². The molecule has 1 aromatic heterocycles. The van der Waals surface area contributed by atoms with Gasteiger partial charge in [-0.15, -0.1) is 0 Å². The smallest absolute Gasteiger partial charge is 0.203 e. The third kappa shape index (κ3) is 3.44. The van der Waals surface area contributed by atoms with E-state index in [9.17, 15) is 0 Å². The normalized spacial score (nSPS) is 13.3. The zero-order chi connectivity index (χ0) is 14.0. The van der Waals surface area contributed by atoms with Gasteiger partial charge in [-0.3, -0.25) is 0 Å². The van der Waals surface area contributed by atoms with Gasteiger partial charge in [0.05, 0.1) is 6.04 Å². The molecule has 102 valence electrons. The molecular weight excluding hydrogens is 256 g/mol. The molecule has 5 heteroatoms. The van der Waals surface area contributed by atoms with E-state index in [1.54, 1.807) is 0 Å². The van der Waals surface area contributed by atoms with Gasteiger partial charge in [0.2, 0.25) is 5.13 Å². The van der Waals surface area contributed by atoms with Gasteiger partial charge in [0.15, 0.2) is 0 Å². The van der Waals surface area contributed by atoms with Crippen LogP contribution in [0.3, 0.4) is 0 Å². The fraction of sp³-hybridized carbons (Fsp3) is 0.429. The molecule has 2 aromatic rings. The minimum atomic E-state index is -0.0130. The molecule has 0 radical (unpaired) electrons. The van der Waals surface area contributed by atoms with E-state index in [2.05, 4.69) is 42.4 Å². The van der Waals surface area contributed by atoms with Crippen LogP contribution in [-0.2, 0) is 5.41 Å². The third-order valence-electron chi connectivity index (χ3n) is 2.87. The average molecular weight is 276 g/mol.